The molecule has 0 fully saturated rings. The highest BCUT2D eigenvalue weighted by molar-refractivity contribution is 7.80. The maximum atomic E-state index is 12.2. The van der Waals surface area contributed by atoms with E-state index in [1.54, 1.807) is 0 Å². The van der Waals surface area contributed by atoms with Crippen LogP contribution in [0.3, 0.4) is 0 Å². The summed E-state index contributed by atoms with van der Waals surface area (Å²) >= 11 is 5.31. The second-order valence-corrected chi connectivity index (χ2v) is 6.63. The molecule has 0 radical (unpaired) electrons. The van der Waals surface area contributed by atoms with Crippen LogP contribution < -0.4 is 15.4 Å². The van der Waals surface area contributed by atoms with Crippen molar-refractivity contribution in [2.75, 3.05) is 11.9 Å². The van der Waals surface area contributed by atoms with Crippen LogP contribution in [0.5, 0.6) is 5.75 Å². The molecule has 2 aromatic carbocycles. The van der Waals surface area contributed by atoms with Crippen molar-refractivity contribution in [3.05, 3.63) is 58.7 Å². The molecule has 0 aliphatic heterocycles. The van der Waals surface area contributed by atoms with E-state index in [-0.39, 0.29) is 17.6 Å². The number of carbonyl (C=O) groups excluding carboxylic acids is 1. The van der Waals surface area contributed by atoms with Crippen LogP contribution in [0.4, 0.5) is 5.69 Å². The van der Waals surface area contributed by atoms with Gasteiger partial charge < -0.3 is 10.1 Å². The van der Waals surface area contributed by atoms with Crippen LogP contribution in [-0.2, 0) is 17.6 Å². The molecule has 2 rings (SSSR count). The fourth-order valence-electron chi connectivity index (χ4n) is 2.72. The third-order valence-corrected chi connectivity index (χ3v) is 4.40. The molecule has 0 aliphatic rings. The van der Waals surface area contributed by atoms with E-state index in [4.69, 9.17) is 17.0 Å². The van der Waals surface area contributed by atoms with Crippen molar-refractivity contribution < 1.29 is 9.53 Å². The van der Waals surface area contributed by atoms with Crippen molar-refractivity contribution >= 4 is 28.9 Å². The van der Waals surface area contributed by atoms with Gasteiger partial charge in [-0.3, -0.25) is 10.1 Å². The first-order valence-electron chi connectivity index (χ1n) is 8.86. The number of amides is 1. The minimum absolute atomic E-state index is 0.0812. The molecular weight excluding hydrogens is 344 g/mol. The molecule has 0 saturated heterocycles. The normalized spacial score (nSPS) is 10.3. The second kappa shape index (κ2) is 9.34. The number of hydrogen-bond donors (Lipinski definition) is 2. The fourth-order valence-corrected chi connectivity index (χ4v) is 2.93. The van der Waals surface area contributed by atoms with E-state index in [9.17, 15) is 4.79 Å². The van der Waals surface area contributed by atoms with Gasteiger partial charge in [0.05, 0.1) is 0 Å². The summed E-state index contributed by atoms with van der Waals surface area (Å²) in [5, 5.41) is 6.15. The zero-order valence-electron chi connectivity index (χ0n) is 15.8. The Balaban J connectivity index is 1.96. The number of benzene rings is 2. The maximum Gasteiger partial charge on any atom is 0.264 e. The van der Waals surface area contributed by atoms with Gasteiger partial charge in [-0.2, -0.15) is 0 Å². The lowest BCUT2D eigenvalue weighted by Crippen LogP contribution is -2.37. The van der Waals surface area contributed by atoms with Crippen molar-refractivity contribution in [1.82, 2.24) is 5.32 Å². The lowest BCUT2D eigenvalue weighted by atomic mass is 10.0. The van der Waals surface area contributed by atoms with Gasteiger partial charge in [-0.15, -0.1) is 0 Å². The summed E-state index contributed by atoms with van der Waals surface area (Å²) in [6.45, 7) is 8.05. The summed E-state index contributed by atoms with van der Waals surface area (Å²) in [5.74, 6) is 0.430. The fraction of sp³-hybridized carbons (Fsp3) is 0.333. The molecular formula is C21H26N2O2S. The summed E-state index contributed by atoms with van der Waals surface area (Å²) < 4.78 is 5.62. The minimum atomic E-state index is -0.282. The molecule has 138 valence electrons. The maximum absolute atomic E-state index is 12.2. The predicted octanol–water partition coefficient (Wildman–Crippen LogP) is 4.32. The number of para-hydroxylation sites is 1. The number of ether oxygens (including phenoxy) is 1. The van der Waals surface area contributed by atoms with Gasteiger partial charge in [-0.1, -0.05) is 44.2 Å². The second-order valence-electron chi connectivity index (χ2n) is 6.22. The molecule has 0 bridgehead atoms. The van der Waals surface area contributed by atoms with E-state index >= 15 is 0 Å². The number of hydrogen-bond acceptors (Lipinski definition) is 3. The van der Waals surface area contributed by atoms with Crippen molar-refractivity contribution in [3.63, 3.8) is 0 Å². The summed E-state index contributed by atoms with van der Waals surface area (Å²) in [4.78, 5) is 12.2. The topological polar surface area (TPSA) is 50.4 Å². The third kappa shape index (κ3) is 5.30. The molecule has 0 unspecified atom stereocenters. The quantitative estimate of drug-likeness (QED) is 0.744. The van der Waals surface area contributed by atoms with Crippen LogP contribution in [0.25, 0.3) is 0 Å². The van der Waals surface area contributed by atoms with Gasteiger partial charge in [0.1, 0.15) is 5.75 Å². The van der Waals surface area contributed by atoms with Gasteiger partial charge in [0, 0.05) is 5.69 Å². The van der Waals surface area contributed by atoms with Gasteiger partial charge in [-0.05, 0) is 67.2 Å². The van der Waals surface area contributed by atoms with E-state index in [1.807, 2.05) is 38.1 Å². The van der Waals surface area contributed by atoms with Gasteiger partial charge in [-0.25, -0.2) is 0 Å². The molecule has 5 heteroatoms. The van der Waals surface area contributed by atoms with Crippen LogP contribution in [-0.4, -0.2) is 17.6 Å². The summed E-state index contributed by atoms with van der Waals surface area (Å²) in [6.07, 6.45) is 1.78. The molecule has 0 spiro atoms. The lowest BCUT2D eigenvalue weighted by Gasteiger charge is -2.16. The molecule has 2 aromatic rings. The molecule has 4 nitrogen and oxygen atoms in total. The summed E-state index contributed by atoms with van der Waals surface area (Å²) in [7, 11) is 0. The molecule has 0 heterocycles. The van der Waals surface area contributed by atoms with E-state index < -0.39 is 0 Å². The van der Waals surface area contributed by atoms with Crippen LogP contribution in [0.15, 0.2) is 36.4 Å². The van der Waals surface area contributed by atoms with Crippen LogP contribution in [0, 0.1) is 13.8 Å². The van der Waals surface area contributed by atoms with E-state index in [0.29, 0.717) is 5.75 Å². The molecule has 0 aliphatic carbocycles. The zero-order valence-corrected chi connectivity index (χ0v) is 16.6. The standard InChI is InChI=1S/C21H26N2O2S/c1-5-16-8-7-9-17(6-2)20(16)23-21(26)22-19(24)13-25-18-12-14(3)10-11-15(18)4/h7-12H,5-6,13H2,1-4H3,(H2,22,23,24,26). The Hall–Kier alpha value is -2.40. The Bertz CT molecular complexity index is 780. The first-order chi connectivity index (χ1) is 12.4. The van der Waals surface area contributed by atoms with Crippen LogP contribution in [0.2, 0.25) is 0 Å². The number of carbonyl (C=O) groups is 1. The zero-order chi connectivity index (χ0) is 19.1. The minimum Gasteiger partial charge on any atom is -0.483 e. The van der Waals surface area contributed by atoms with Crippen molar-refractivity contribution in [2.45, 2.75) is 40.5 Å². The summed E-state index contributed by atoms with van der Waals surface area (Å²) in [6, 6.07) is 12.1. The smallest absolute Gasteiger partial charge is 0.264 e. The number of rotatable bonds is 6. The SMILES string of the molecule is CCc1cccc(CC)c1NC(=S)NC(=O)COc1cc(C)ccc1C. The Labute approximate surface area is 161 Å². The Kier molecular flexibility index (Phi) is 7.16. The molecule has 0 saturated carbocycles. The third-order valence-electron chi connectivity index (χ3n) is 4.19. The van der Waals surface area contributed by atoms with Gasteiger partial charge in [0.2, 0.25) is 0 Å². The Morgan fingerprint density at radius 1 is 1.08 bits per heavy atom. The molecule has 0 atom stereocenters. The van der Waals surface area contributed by atoms with Crippen molar-refractivity contribution in [2.24, 2.45) is 0 Å². The Morgan fingerprint density at radius 2 is 1.73 bits per heavy atom. The number of thiocarbonyl (C=S) groups is 1. The average molecular weight is 371 g/mol. The van der Waals surface area contributed by atoms with Gasteiger partial charge >= 0.3 is 0 Å². The van der Waals surface area contributed by atoms with Crippen LogP contribution >= 0.6 is 12.2 Å². The van der Waals surface area contributed by atoms with E-state index in [0.717, 1.165) is 29.7 Å². The number of aryl methyl sites for hydroxylation is 4. The van der Waals surface area contributed by atoms with Gasteiger partial charge in [0.15, 0.2) is 11.7 Å². The molecule has 26 heavy (non-hydrogen) atoms. The first kappa shape index (κ1) is 19.9. The lowest BCUT2D eigenvalue weighted by molar-refractivity contribution is -0.121. The summed E-state index contributed by atoms with van der Waals surface area (Å²) in [5.41, 5.74) is 5.42. The average Bonchev–Trinajstić information content (AvgIpc) is 2.62. The largest absolute Gasteiger partial charge is 0.483 e. The van der Waals surface area contributed by atoms with Crippen LogP contribution in [0.1, 0.15) is 36.1 Å². The van der Waals surface area contributed by atoms with Crippen molar-refractivity contribution in [1.29, 1.82) is 0 Å². The molecule has 2 N–H and O–H groups in total. The van der Waals surface area contributed by atoms with E-state index in [2.05, 4.69) is 36.6 Å². The molecule has 0 aromatic heterocycles. The predicted molar refractivity (Wildman–Crippen MR) is 111 cm³/mol. The first-order valence-corrected chi connectivity index (χ1v) is 9.27. The molecule has 1 amide bonds. The van der Waals surface area contributed by atoms with Gasteiger partial charge in [0.25, 0.3) is 5.91 Å². The number of nitrogens with one attached hydrogen (secondary N) is 2. The highest BCUT2D eigenvalue weighted by Crippen LogP contribution is 2.22. The van der Waals surface area contributed by atoms with E-state index in [1.165, 1.54) is 11.1 Å². The van der Waals surface area contributed by atoms with Crippen molar-refractivity contribution in [3.8, 4) is 5.75 Å². The monoisotopic (exact) mass is 370 g/mol. The Morgan fingerprint density at radius 3 is 2.35 bits per heavy atom. The number of anilines is 1. The highest BCUT2D eigenvalue weighted by Gasteiger charge is 2.11. The highest BCUT2D eigenvalue weighted by atomic mass is 32.1.